The molecule has 0 saturated carbocycles. The van der Waals surface area contributed by atoms with Gasteiger partial charge in [-0.3, -0.25) is 4.99 Å². The van der Waals surface area contributed by atoms with Gasteiger partial charge in [0, 0.05) is 32.7 Å². The molecule has 0 fully saturated rings. The van der Waals surface area contributed by atoms with E-state index >= 15 is 0 Å². The van der Waals surface area contributed by atoms with Crippen LogP contribution in [0.5, 0.6) is 5.75 Å². The molecular weight excluding hydrogens is 615 g/mol. The van der Waals surface area contributed by atoms with Crippen molar-refractivity contribution in [3.05, 3.63) is 144 Å². The van der Waals surface area contributed by atoms with Crippen LogP contribution in [-0.2, 0) is 6.67 Å². The Bertz CT molecular complexity index is 2710. The topological polar surface area (TPSA) is 52.0 Å². The molecule has 0 saturated heterocycles. The molecule has 0 amide bonds. The summed E-state index contributed by atoms with van der Waals surface area (Å²) >= 11 is 0. The zero-order valence-electron chi connectivity index (χ0n) is 28.7. The number of para-hydroxylation sites is 1. The minimum Gasteiger partial charge on any atom is -0.455 e. The third-order valence-electron chi connectivity index (χ3n) is 9.46. The molecule has 1 aliphatic rings. The van der Waals surface area contributed by atoms with Gasteiger partial charge < -0.3 is 13.7 Å². The van der Waals surface area contributed by atoms with Gasteiger partial charge in [-0.15, -0.1) is 0 Å². The minimum atomic E-state index is 0.330. The lowest BCUT2D eigenvalue weighted by atomic mass is 10.0. The second-order valence-corrected chi connectivity index (χ2v) is 12.2. The van der Waals surface area contributed by atoms with Gasteiger partial charge in [0.1, 0.15) is 23.6 Å². The van der Waals surface area contributed by atoms with Crippen LogP contribution in [-0.4, -0.2) is 17.2 Å². The number of fused-ring (bicyclic) bond motifs is 10. The van der Waals surface area contributed by atoms with Gasteiger partial charge >= 0.3 is 0 Å². The molecule has 0 radical (unpaired) electrons. The molecule has 5 heteroatoms. The van der Waals surface area contributed by atoms with Crippen molar-refractivity contribution >= 4 is 84.5 Å². The van der Waals surface area contributed by atoms with Crippen molar-refractivity contribution in [2.24, 2.45) is 9.98 Å². The lowest BCUT2D eigenvalue weighted by Crippen LogP contribution is -2.07. The summed E-state index contributed by atoms with van der Waals surface area (Å²) in [6.07, 6.45) is 4.23. The lowest BCUT2D eigenvalue weighted by molar-refractivity contribution is 0.561. The highest BCUT2D eigenvalue weighted by Gasteiger charge is 2.29. The second kappa shape index (κ2) is 12.7. The van der Waals surface area contributed by atoms with E-state index in [4.69, 9.17) is 14.1 Å². The van der Waals surface area contributed by atoms with E-state index in [1.807, 2.05) is 69.3 Å². The van der Waals surface area contributed by atoms with Crippen molar-refractivity contribution in [1.29, 1.82) is 0 Å². The number of allylic oxidation sites excluding steroid dienone is 1. The first-order valence-electron chi connectivity index (χ1n) is 17.2. The predicted octanol–water partition coefficient (Wildman–Crippen LogP) is 12.2. The highest BCUT2D eigenvalue weighted by Crippen LogP contribution is 2.43. The van der Waals surface area contributed by atoms with Crippen LogP contribution in [0.4, 0.5) is 0 Å². The number of nitrogens with zero attached hydrogens (tertiary/aromatic N) is 3. The Morgan fingerprint density at radius 1 is 0.800 bits per heavy atom. The summed E-state index contributed by atoms with van der Waals surface area (Å²) in [5.41, 5.74) is 9.80. The Morgan fingerprint density at radius 3 is 2.38 bits per heavy atom. The molecule has 0 atom stereocenters. The summed E-state index contributed by atoms with van der Waals surface area (Å²) in [7, 11) is 0. The maximum Gasteiger partial charge on any atom is 0.226 e. The fraction of sp³-hybridized carbons (Fsp3) is 0.111. The van der Waals surface area contributed by atoms with Gasteiger partial charge in [0.05, 0.1) is 27.7 Å². The van der Waals surface area contributed by atoms with Crippen LogP contribution in [0, 0.1) is 6.92 Å². The second-order valence-electron chi connectivity index (χ2n) is 12.2. The summed E-state index contributed by atoms with van der Waals surface area (Å²) in [4.78, 5) is 9.70. The number of ether oxygens (including phenoxy) is 1. The number of aryl methyl sites for hydroxylation is 1. The molecule has 9 rings (SSSR count). The molecule has 0 unspecified atom stereocenters. The molecule has 0 N–H and O–H groups in total. The molecule has 50 heavy (non-hydrogen) atoms. The van der Waals surface area contributed by atoms with Gasteiger partial charge in [0.25, 0.3) is 0 Å². The third-order valence-corrected chi connectivity index (χ3v) is 9.46. The predicted molar refractivity (Wildman–Crippen MR) is 212 cm³/mol. The van der Waals surface area contributed by atoms with E-state index in [9.17, 15) is 0 Å². The number of furan rings is 1. The van der Waals surface area contributed by atoms with E-state index in [-0.39, 0.29) is 0 Å². The average molecular weight is 652 g/mol. The minimum absolute atomic E-state index is 0.330. The van der Waals surface area contributed by atoms with E-state index in [2.05, 4.69) is 102 Å². The fourth-order valence-corrected chi connectivity index (χ4v) is 7.27. The molecule has 2 aromatic heterocycles. The number of rotatable bonds is 5. The van der Waals surface area contributed by atoms with Crippen LogP contribution < -0.4 is 4.74 Å². The van der Waals surface area contributed by atoms with Crippen LogP contribution in [0.1, 0.15) is 43.0 Å². The molecule has 0 aliphatic carbocycles. The van der Waals surface area contributed by atoms with Crippen LogP contribution in [0.25, 0.3) is 71.9 Å². The van der Waals surface area contributed by atoms with E-state index < -0.39 is 0 Å². The number of hydrogen-bond donors (Lipinski definition) is 0. The van der Waals surface area contributed by atoms with Crippen molar-refractivity contribution in [2.75, 3.05) is 0 Å². The lowest BCUT2D eigenvalue weighted by Gasteiger charge is -2.10. The Hall–Kier alpha value is -6.20. The summed E-state index contributed by atoms with van der Waals surface area (Å²) in [5, 5.41) is 6.76. The number of aromatic nitrogens is 1. The third kappa shape index (κ3) is 4.85. The SMILES string of the molecule is C=N/C(=C1\C(=N/Cn2c3ccc4c5cc(/C=C\C)c(C)cc5oc4c3c3ccc4ccccc4c32)Oc2ccccc21)c1ccccc1.CC. The smallest absolute Gasteiger partial charge is 0.226 e. The Labute approximate surface area is 291 Å². The van der Waals surface area contributed by atoms with Gasteiger partial charge in [-0.25, -0.2) is 4.99 Å². The van der Waals surface area contributed by atoms with Gasteiger partial charge in [0.15, 0.2) is 0 Å². The summed E-state index contributed by atoms with van der Waals surface area (Å²) in [6, 6.07) is 39.8. The maximum atomic E-state index is 6.72. The zero-order chi connectivity index (χ0) is 34.4. The number of benzene rings is 6. The molecule has 1 aliphatic heterocycles. The van der Waals surface area contributed by atoms with Gasteiger partial charge in [-0.1, -0.05) is 111 Å². The van der Waals surface area contributed by atoms with E-state index in [0.29, 0.717) is 12.6 Å². The molecule has 3 heterocycles. The Balaban J connectivity index is 0.00000177. The highest BCUT2D eigenvalue weighted by atomic mass is 16.5. The van der Waals surface area contributed by atoms with Crippen LogP contribution in [0.3, 0.4) is 0 Å². The van der Waals surface area contributed by atoms with Gasteiger partial charge in [0.2, 0.25) is 5.90 Å². The highest BCUT2D eigenvalue weighted by molar-refractivity contribution is 6.31. The first-order valence-corrected chi connectivity index (χ1v) is 17.2. The van der Waals surface area contributed by atoms with Crippen molar-refractivity contribution < 1.29 is 9.15 Å². The molecule has 6 aromatic carbocycles. The molecule has 244 valence electrons. The summed E-state index contributed by atoms with van der Waals surface area (Å²) in [5.74, 6) is 1.28. The summed E-state index contributed by atoms with van der Waals surface area (Å²) in [6.45, 7) is 12.5. The van der Waals surface area contributed by atoms with E-state index in [1.54, 1.807) is 0 Å². The van der Waals surface area contributed by atoms with Gasteiger partial charge in [-0.05, 0) is 67.4 Å². The number of aliphatic imine (C=N–C) groups is 2. The zero-order valence-corrected chi connectivity index (χ0v) is 28.7. The Morgan fingerprint density at radius 2 is 1.56 bits per heavy atom. The van der Waals surface area contributed by atoms with Crippen LogP contribution >= 0.6 is 0 Å². The van der Waals surface area contributed by atoms with Gasteiger partial charge in [-0.2, -0.15) is 0 Å². The molecule has 8 aromatic rings. The fourth-order valence-electron chi connectivity index (χ4n) is 7.27. The normalized spacial score (nSPS) is 14.5. The van der Waals surface area contributed by atoms with E-state index in [0.717, 1.165) is 77.3 Å². The standard InChI is InChI=1S/C43H31N3O2.C2H6/c1-4-12-29-24-34-31-21-22-35-38(42(31)47-37(34)23-26(29)2)33-20-19-27-13-8-9-16-30(27)41(33)46(35)25-45-43-39(32-17-10-11-18-36(32)48-43)40(44-3)28-14-6-5-7-15-28;1-2/h4-24H,3,25H2,1-2H3;1-2H3/b12-4-,40-39-,45-43+;. The first-order chi connectivity index (χ1) is 24.6. The van der Waals surface area contributed by atoms with Crippen molar-refractivity contribution in [1.82, 2.24) is 4.57 Å². The molecular formula is C45H37N3O2. The monoisotopic (exact) mass is 651 g/mol. The Kier molecular flexibility index (Phi) is 7.88. The van der Waals surface area contributed by atoms with Crippen molar-refractivity contribution in [3.8, 4) is 5.75 Å². The maximum absolute atomic E-state index is 6.72. The van der Waals surface area contributed by atoms with Crippen LogP contribution in [0.2, 0.25) is 0 Å². The molecule has 0 bridgehead atoms. The first kappa shape index (κ1) is 31.1. The van der Waals surface area contributed by atoms with Crippen LogP contribution in [0.15, 0.2) is 136 Å². The summed E-state index contributed by atoms with van der Waals surface area (Å²) < 4.78 is 15.5. The van der Waals surface area contributed by atoms with Crippen molar-refractivity contribution in [3.63, 3.8) is 0 Å². The molecule has 5 nitrogen and oxygen atoms in total. The van der Waals surface area contributed by atoms with Crippen molar-refractivity contribution in [2.45, 2.75) is 34.4 Å². The molecule has 0 spiro atoms. The quantitative estimate of drug-likeness (QED) is 0.174. The largest absolute Gasteiger partial charge is 0.455 e. The number of hydrogen-bond acceptors (Lipinski definition) is 4. The van der Waals surface area contributed by atoms with E-state index in [1.165, 1.54) is 16.5 Å². The average Bonchev–Trinajstić information content (AvgIpc) is 3.82.